The molecule has 0 amide bonds. The topological polar surface area (TPSA) is 62.7 Å². The summed E-state index contributed by atoms with van der Waals surface area (Å²) in [4.78, 5) is 4.45. The van der Waals surface area contributed by atoms with Gasteiger partial charge in [0.1, 0.15) is 17.5 Å². The number of rotatable bonds is 2. The molecular weight excluding hydrogens is 342 g/mol. The lowest BCUT2D eigenvalue weighted by Gasteiger charge is -2.11. The van der Waals surface area contributed by atoms with Crippen LogP contribution in [0.5, 0.6) is 0 Å². The monoisotopic (exact) mass is 355 g/mol. The fourth-order valence-electron chi connectivity index (χ4n) is 3.04. The smallest absolute Gasteiger partial charge is 0.142 e. The molecule has 4 rings (SSSR count). The van der Waals surface area contributed by atoms with Crippen molar-refractivity contribution in [2.75, 3.05) is 5.73 Å². The van der Waals surface area contributed by atoms with Crippen LogP contribution in [0, 0.1) is 11.3 Å². The van der Waals surface area contributed by atoms with Crippen molar-refractivity contribution in [3.63, 3.8) is 0 Å². The number of hydrogen-bond acceptors (Lipinski definition) is 3. The van der Waals surface area contributed by atoms with Crippen LogP contribution < -0.4 is 5.73 Å². The first-order valence-corrected chi connectivity index (χ1v) is 8.49. The molecule has 26 heavy (non-hydrogen) atoms. The van der Waals surface area contributed by atoms with E-state index in [0.29, 0.717) is 10.6 Å². The van der Waals surface area contributed by atoms with Gasteiger partial charge in [-0.15, -0.1) is 0 Å². The van der Waals surface area contributed by atoms with Crippen molar-refractivity contribution in [3.05, 3.63) is 83.4 Å². The molecular formula is C22H14ClN3. The van der Waals surface area contributed by atoms with E-state index >= 15 is 0 Å². The summed E-state index contributed by atoms with van der Waals surface area (Å²) in [5.41, 5.74) is 9.78. The Morgan fingerprint density at radius 3 is 2.27 bits per heavy atom. The van der Waals surface area contributed by atoms with Crippen LogP contribution in [0.15, 0.2) is 72.8 Å². The van der Waals surface area contributed by atoms with E-state index in [1.54, 1.807) is 12.1 Å². The highest BCUT2D eigenvalue weighted by Gasteiger charge is 2.13. The van der Waals surface area contributed by atoms with Gasteiger partial charge < -0.3 is 5.73 Å². The molecule has 4 aromatic rings. The van der Waals surface area contributed by atoms with E-state index in [2.05, 4.69) is 35.3 Å². The van der Waals surface area contributed by atoms with Crippen molar-refractivity contribution in [3.8, 4) is 28.5 Å². The third-order valence-corrected chi connectivity index (χ3v) is 4.61. The van der Waals surface area contributed by atoms with Gasteiger partial charge in [0.05, 0.1) is 5.69 Å². The van der Waals surface area contributed by atoms with Crippen LogP contribution in [0.3, 0.4) is 0 Å². The van der Waals surface area contributed by atoms with E-state index in [9.17, 15) is 5.26 Å². The second-order valence-electron chi connectivity index (χ2n) is 6.00. The van der Waals surface area contributed by atoms with Gasteiger partial charge in [0.15, 0.2) is 0 Å². The number of aromatic nitrogens is 1. The van der Waals surface area contributed by atoms with Crippen LogP contribution in [0.2, 0.25) is 5.02 Å². The normalized spacial score (nSPS) is 10.6. The molecule has 0 saturated carbocycles. The Morgan fingerprint density at radius 2 is 1.54 bits per heavy atom. The van der Waals surface area contributed by atoms with Gasteiger partial charge in [-0.3, -0.25) is 0 Å². The highest BCUT2D eigenvalue weighted by atomic mass is 35.5. The minimum absolute atomic E-state index is 0.225. The van der Waals surface area contributed by atoms with Gasteiger partial charge in [-0.1, -0.05) is 60.1 Å². The molecule has 1 aromatic heterocycles. The molecule has 3 aromatic carbocycles. The van der Waals surface area contributed by atoms with Gasteiger partial charge >= 0.3 is 0 Å². The van der Waals surface area contributed by atoms with Crippen molar-refractivity contribution >= 4 is 28.2 Å². The van der Waals surface area contributed by atoms with Crippen molar-refractivity contribution in [2.24, 2.45) is 0 Å². The minimum Gasteiger partial charge on any atom is -0.383 e. The van der Waals surface area contributed by atoms with E-state index < -0.39 is 0 Å². The minimum atomic E-state index is 0.225. The fraction of sp³-hybridized carbons (Fsp3) is 0. The first-order chi connectivity index (χ1) is 12.7. The second-order valence-corrected chi connectivity index (χ2v) is 6.43. The number of fused-ring (bicyclic) bond motifs is 1. The number of nitrogen functional groups attached to an aromatic ring is 1. The number of pyridine rings is 1. The van der Waals surface area contributed by atoms with Gasteiger partial charge in [-0.05, 0) is 40.6 Å². The van der Waals surface area contributed by atoms with Crippen molar-refractivity contribution < 1.29 is 0 Å². The molecule has 0 atom stereocenters. The van der Waals surface area contributed by atoms with E-state index in [1.165, 1.54) is 0 Å². The predicted octanol–water partition coefficient (Wildman–Crippen LogP) is 5.68. The molecule has 0 aliphatic carbocycles. The van der Waals surface area contributed by atoms with Crippen molar-refractivity contribution in [1.29, 1.82) is 5.26 Å². The largest absolute Gasteiger partial charge is 0.383 e. The zero-order valence-electron chi connectivity index (χ0n) is 13.8. The van der Waals surface area contributed by atoms with Crippen LogP contribution in [-0.4, -0.2) is 4.98 Å². The van der Waals surface area contributed by atoms with Gasteiger partial charge in [-0.25, -0.2) is 4.98 Å². The maximum absolute atomic E-state index is 9.52. The summed E-state index contributed by atoms with van der Waals surface area (Å²) in [6, 6.07) is 25.7. The molecule has 0 fully saturated rings. The number of anilines is 1. The summed E-state index contributed by atoms with van der Waals surface area (Å²) in [5.74, 6) is 0.225. The summed E-state index contributed by atoms with van der Waals surface area (Å²) in [5, 5.41) is 12.5. The molecule has 0 spiro atoms. The summed E-state index contributed by atoms with van der Waals surface area (Å²) in [6.45, 7) is 0. The molecule has 2 N–H and O–H groups in total. The molecule has 4 heteroatoms. The molecule has 0 radical (unpaired) electrons. The van der Waals surface area contributed by atoms with Crippen molar-refractivity contribution in [2.45, 2.75) is 0 Å². The first kappa shape index (κ1) is 16.1. The Bertz CT molecular complexity index is 1160. The number of nitrogens with two attached hydrogens (primary N) is 1. The first-order valence-electron chi connectivity index (χ1n) is 8.11. The molecule has 0 saturated heterocycles. The zero-order chi connectivity index (χ0) is 18.1. The Hall–Kier alpha value is -3.35. The number of benzene rings is 3. The van der Waals surface area contributed by atoms with Crippen LogP contribution >= 0.6 is 11.6 Å². The molecule has 124 valence electrons. The Kier molecular flexibility index (Phi) is 4.04. The number of nitrogens with zero attached hydrogens (tertiary/aromatic N) is 2. The molecule has 0 bridgehead atoms. The lowest BCUT2D eigenvalue weighted by molar-refractivity contribution is 1.31. The standard InChI is InChI=1S/C22H14ClN3/c23-18-9-7-15(8-10-18)19-12-21(26-22(25)20(19)13-24)17-6-5-14-3-1-2-4-16(14)11-17/h1-12H,(H2,25,26). The Labute approximate surface area is 156 Å². The van der Waals surface area contributed by atoms with Crippen LogP contribution in [-0.2, 0) is 0 Å². The highest BCUT2D eigenvalue weighted by Crippen LogP contribution is 2.32. The quantitative estimate of drug-likeness (QED) is 0.503. The lowest BCUT2D eigenvalue weighted by atomic mass is 9.97. The summed E-state index contributed by atoms with van der Waals surface area (Å²) >= 11 is 5.98. The molecule has 0 aliphatic heterocycles. The Morgan fingerprint density at radius 1 is 0.846 bits per heavy atom. The Balaban J connectivity index is 1.91. The fourth-order valence-corrected chi connectivity index (χ4v) is 3.16. The van der Waals surface area contributed by atoms with Crippen LogP contribution in [0.4, 0.5) is 5.82 Å². The van der Waals surface area contributed by atoms with Gasteiger partial charge in [0, 0.05) is 16.1 Å². The maximum atomic E-state index is 9.52. The second kappa shape index (κ2) is 6.51. The average molecular weight is 356 g/mol. The van der Waals surface area contributed by atoms with Gasteiger partial charge in [0.2, 0.25) is 0 Å². The number of halogens is 1. The van der Waals surface area contributed by atoms with Crippen molar-refractivity contribution in [1.82, 2.24) is 4.98 Å². The number of hydrogen-bond donors (Lipinski definition) is 1. The SMILES string of the molecule is N#Cc1c(-c2ccc(Cl)cc2)cc(-c2ccc3ccccc3c2)nc1N. The lowest BCUT2D eigenvalue weighted by Crippen LogP contribution is -1.99. The summed E-state index contributed by atoms with van der Waals surface area (Å²) in [7, 11) is 0. The molecule has 0 unspecified atom stereocenters. The highest BCUT2D eigenvalue weighted by molar-refractivity contribution is 6.30. The predicted molar refractivity (Wildman–Crippen MR) is 107 cm³/mol. The molecule has 0 aliphatic rings. The summed E-state index contributed by atoms with van der Waals surface area (Å²) in [6.07, 6.45) is 0. The van der Waals surface area contributed by atoms with E-state index in [4.69, 9.17) is 17.3 Å². The maximum Gasteiger partial charge on any atom is 0.142 e. The van der Waals surface area contributed by atoms with Gasteiger partial charge in [0.25, 0.3) is 0 Å². The third-order valence-electron chi connectivity index (χ3n) is 4.36. The number of nitriles is 1. The summed E-state index contributed by atoms with van der Waals surface area (Å²) < 4.78 is 0. The molecule has 3 nitrogen and oxygen atoms in total. The van der Waals surface area contributed by atoms with Gasteiger partial charge in [-0.2, -0.15) is 5.26 Å². The van der Waals surface area contributed by atoms with E-state index in [0.717, 1.165) is 33.2 Å². The zero-order valence-corrected chi connectivity index (χ0v) is 14.5. The van der Waals surface area contributed by atoms with E-state index in [-0.39, 0.29) is 5.82 Å². The van der Waals surface area contributed by atoms with Crippen LogP contribution in [0.25, 0.3) is 33.2 Å². The third kappa shape index (κ3) is 2.88. The van der Waals surface area contributed by atoms with E-state index in [1.807, 2.05) is 36.4 Å². The molecule has 1 heterocycles. The van der Waals surface area contributed by atoms with Crippen LogP contribution in [0.1, 0.15) is 5.56 Å². The average Bonchev–Trinajstić information content (AvgIpc) is 2.67.